The number of carbonyl (C=O) groups excluding carboxylic acids is 4. The van der Waals surface area contributed by atoms with Gasteiger partial charge in [-0.3, -0.25) is 24.0 Å². The van der Waals surface area contributed by atoms with Crippen LogP contribution in [-0.2, 0) is 30.3 Å². The van der Waals surface area contributed by atoms with E-state index < -0.39 is 53.8 Å². The van der Waals surface area contributed by atoms with Gasteiger partial charge in [-0.05, 0) is 68.8 Å². The first kappa shape index (κ1) is 44.3. The summed E-state index contributed by atoms with van der Waals surface area (Å²) < 4.78 is 19.2. The number of thiazole rings is 1. The summed E-state index contributed by atoms with van der Waals surface area (Å²) in [4.78, 5) is 70.5. The van der Waals surface area contributed by atoms with E-state index in [-0.39, 0.29) is 54.5 Å². The van der Waals surface area contributed by atoms with Crippen molar-refractivity contribution in [2.24, 2.45) is 23.7 Å². The lowest BCUT2D eigenvalue weighted by Gasteiger charge is -2.36. The second kappa shape index (κ2) is 21.6. The van der Waals surface area contributed by atoms with Crippen LogP contribution < -0.4 is 16.0 Å². The van der Waals surface area contributed by atoms with E-state index in [1.54, 1.807) is 36.4 Å². The highest BCUT2D eigenvalue weighted by molar-refractivity contribution is 7.09. The number of unbranched alkanes of at least 4 members (excludes halogenated alkanes) is 1. The highest BCUT2D eigenvalue weighted by Gasteiger charge is 2.35. The van der Waals surface area contributed by atoms with Crippen LogP contribution in [0.2, 0.25) is 0 Å². The summed E-state index contributed by atoms with van der Waals surface area (Å²) >= 11 is 1.14. The number of likely N-dealkylation sites (N-methyl/N-ethyl adjacent to an activating group) is 1. The molecule has 0 fully saturated rings. The minimum Gasteiger partial charge on any atom is -0.481 e. The van der Waals surface area contributed by atoms with Gasteiger partial charge in [-0.2, -0.15) is 0 Å². The monoisotopic (exact) mass is 747 g/mol. The van der Waals surface area contributed by atoms with Gasteiger partial charge in [0.05, 0.1) is 5.92 Å². The second-order valence-electron chi connectivity index (χ2n) is 14.4. The number of carboxylic acid groups (broad SMARTS) is 1. The Balaban J connectivity index is 2.26. The zero-order chi connectivity index (χ0) is 39.1. The quantitative estimate of drug-likeness (QED) is 0.0914. The van der Waals surface area contributed by atoms with Crippen LogP contribution in [-0.4, -0.2) is 83.4 Å². The van der Waals surface area contributed by atoms with E-state index in [0.29, 0.717) is 11.4 Å². The Bertz CT molecular complexity index is 1470. The molecular weight excluding hydrogens is 690 g/mol. The van der Waals surface area contributed by atoms with Crippen molar-refractivity contribution in [1.82, 2.24) is 25.8 Å². The van der Waals surface area contributed by atoms with Crippen LogP contribution in [0.1, 0.15) is 108 Å². The van der Waals surface area contributed by atoms with Gasteiger partial charge in [-0.1, -0.05) is 60.1 Å². The second-order valence-corrected chi connectivity index (χ2v) is 15.3. The molecule has 1 heterocycles. The van der Waals surface area contributed by atoms with Gasteiger partial charge in [0.2, 0.25) is 11.8 Å². The third-order valence-electron chi connectivity index (χ3n) is 9.19. The number of nitrogens with zero attached hydrogens (tertiary/aromatic N) is 2. The van der Waals surface area contributed by atoms with Crippen molar-refractivity contribution in [3.63, 3.8) is 0 Å². The highest BCUT2D eigenvalue weighted by atomic mass is 32.1. The van der Waals surface area contributed by atoms with Crippen LogP contribution in [0.15, 0.2) is 29.6 Å². The van der Waals surface area contributed by atoms with Gasteiger partial charge in [-0.15, -0.1) is 11.3 Å². The molecule has 6 atom stereocenters. The van der Waals surface area contributed by atoms with E-state index in [1.807, 2.05) is 41.7 Å². The summed E-state index contributed by atoms with van der Waals surface area (Å²) in [7, 11) is 3.57. The average molecular weight is 748 g/mol. The molecule has 0 aliphatic rings. The third-order valence-corrected chi connectivity index (χ3v) is 10.1. The number of hydrogen-bond acceptors (Lipinski definition) is 9. The number of amides is 3. The van der Waals surface area contributed by atoms with Crippen LogP contribution in [0.5, 0.6) is 0 Å². The molecule has 0 saturated heterocycles. The number of halogens is 1. The summed E-state index contributed by atoms with van der Waals surface area (Å²) in [6, 6.07) is 4.02. The number of nitrogens with one attached hydrogen (secondary N) is 3. The summed E-state index contributed by atoms with van der Waals surface area (Å²) in [5.74, 6) is -4.19. The van der Waals surface area contributed by atoms with Crippen molar-refractivity contribution in [3.05, 3.63) is 51.7 Å². The normalized spacial score (nSPS) is 14.9. The van der Waals surface area contributed by atoms with Crippen molar-refractivity contribution >= 4 is 41.0 Å². The fourth-order valence-corrected chi connectivity index (χ4v) is 6.84. The van der Waals surface area contributed by atoms with Crippen molar-refractivity contribution in [2.45, 2.75) is 111 Å². The molecule has 0 aliphatic heterocycles. The Hall–Kier alpha value is -3.91. The number of aromatic nitrogens is 1. The Morgan fingerprint density at radius 2 is 1.60 bits per heavy atom. The zero-order valence-electron chi connectivity index (χ0n) is 32.0. The molecule has 4 N–H and O–H groups in total. The van der Waals surface area contributed by atoms with Gasteiger partial charge in [0.25, 0.3) is 5.91 Å². The number of ether oxygens (including phenoxy) is 1. The number of carbonyl (C=O) groups is 5. The lowest BCUT2D eigenvalue weighted by Crippen LogP contribution is -2.54. The predicted molar refractivity (Wildman–Crippen MR) is 199 cm³/mol. The minimum atomic E-state index is -1.01. The van der Waals surface area contributed by atoms with Crippen LogP contribution in [0.3, 0.4) is 0 Å². The predicted octanol–water partition coefficient (Wildman–Crippen LogP) is 5.38. The largest absolute Gasteiger partial charge is 0.481 e. The van der Waals surface area contributed by atoms with E-state index in [1.165, 1.54) is 19.1 Å². The first-order valence-corrected chi connectivity index (χ1v) is 18.9. The molecule has 0 radical (unpaired) electrons. The van der Waals surface area contributed by atoms with Crippen molar-refractivity contribution in [2.75, 3.05) is 20.6 Å². The standard InChI is InChI=1S/C38H58FN5O7S/c1-22(2)31(44(9)37(48)33(23(3)4)43-34(46)24(5)12-10-11-17-40-8)20-32(51-26(7)45)36-42-30(21-52-36)35(47)41-29(18-25(6)38(49)50)19-27-13-15-28(39)16-14-27/h13-16,21-25,29,31-33,40H,10-12,17-20H2,1-9H3,(H,41,47)(H,43,46)(H,49,50)/t24-,25+,29-,31-,32-,33+/m1/s1. The number of carboxylic acids is 1. The van der Waals surface area contributed by atoms with Gasteiger partial charge < -0.3 is 30.7 Å². The summed E-state index contributed by atoms with van der Waals surface area (Å²) in [5.41, 5.74) is 0.794. The zero-order valence-corrected chi connectivity index (χ0v) is 32.8. The van der Waals surface area contributed by atoms with Crippen molar-refractivity contribution in [1.29, 1.82) is 0 Å². The van der Waals surface area contributed by atoms with Gasteiger partial charge in [-0.25, -0.2) is 9.37 Å². The maximum absolute atomic E-state index is 14.0. The molecule has 2 rings (SSSR count). The summed E-state index contributed by atoms with van der Waals surface area (Å²) in [6.45, 7) is 13.2. The van der Waals surface area contributed by atoms with Crippen molar-refractivity contribution in [3.8, 4) is 0 Å². The number of rotatable bonds is 22. The maximum Gasteiger partial charge on any atom is 0.306 e. The molecule has 2 aromatic rings. The molecule has 52 heavy (non-hydrogen) atoms. The molecule has 0 spiro atoms. The van der Waals surface area contributed by atoms with Crippen LogP contribution in [0, 0.1) is 29.5 Å². The number of hydrogen-bond donors (Lipinski definition) is 4. The number of esters is 1. The Morgan fingerprint density at radius 1 is 0.942 bits per heavy atom. The molecule has 0 bridgehead atoms. The van der Waals surface area contributed by atoms with E-state index in [4.69, 9.17) is 4.74 Å². The summed E-state index contributed by atoms with van der Waals surface area (Å²) in [6.07, 6.45) is 2.29. The molecular formula is C38H58FN5O7S. The minimum absolute atomic E-state index is 0.0671. The van der Waals surface area contributed by atoms with Gasteiger partial charge in [0.15, 0.2) is 6.10 Å². The number of benzene rings is 1. The van der Waals surface area contributed by atoms with Crippen LogP contribution >= 0.6 is 11.3 Å². The van der Waals surface area contributed by atoms with Gasteiger partial charge >= 0.3 is 11.9 Å². The highest BCUT2D eigenvalue weighted by Crippen LogP contribution is 2.31. The molecule has 0 saturated carbocycles. The molecule has 12 nitrogen and oxygen atoms in total. The van der Waals surface area contributed by atoms with Crippen molar-refractivity contribution < 1.29 is 38.2 Å². The Kier molecular flexibility index (Phi) is 18.4. The number of aliphatic carboxylic acids is 1. The lowest BCUT2D eigenvalue weighted by molar-refractivity contribution is -0.149. The summed E-state index contributed by atoms with van der Waals surface area (Å²) in [5, 5.41) is 20.4. The van der Waals surface area contributed by atoms with E-state index in [9.17, 15) is 33.5 Å². The first-order valence-electron chi connectivity index (χ1n) is 18.1. The average Bonchev–Trinajstić information content (AvgIpc) is 3.57. The maximum atomic E-state index is 14.0. The molecule has 1 aromatic carbocycles. The molecule has 14 heteroatoms. The Morgan fingerprint density at radius 3 is 2.15 bits per heavy atom. The third kappa shape index (κ3) is 14.3. The molecule has 3 amide bonds. The molecule has 1 aromatic heterocycles. The van der Waals surface area contributed by atoms with Gasteiger partial charge in [0, 0.05) is 43.8 Å². The van der Waals surface area contributed by atoms with E-state index in [2.05, 4.69) is 20.9 Å². The van der Waals surface area contributed by atoms with Gasteiger partial charge in [0.1, 0.15) is 22.6 Å². The van der Waals surface area contributed by atoms with Crippen LogP contribution in [0.4, 0.5) is 4.39 Å². The molecule has 290 valence electrons. The fraction of sp³-hybridized carbons (Fsp3) is 0.632. The van der Waals surface area contributed by atoms with E-state index >= 15 is 0 Å². The lowest BCUT2D eigenvalue weighted by atomic mass is 9.94. The SMILES string of the molecule is CNCCCC[C@@H](C)C(=O)N[C@H](C(=O)N(C)[C@H](C[C@@H](OC(C)=O)c1nc(C(=O)N[C@@H](Cc2ccc(F)cc2)C[C@H](C)C(=O)O)cs1)C(C)C)C(C)C. The molecule has 0 unspecified atom stereocenters. The van der Waals surface area contributed by atoms with Crippen LogP contribution in [0.25, 0.3) is 0 Å². The smallest absolute Gasteiger partial charge is 0.306 e. The topological polar surface area (TPSA) is 167 Å². The van der Waals surface area contributed by atoms with E-state index in [0.717, 1.165) is 36.3 Å². The molecule has 0 aliphatic carbocycles. The first-order chi connectivity index (χ1) is 24.4. The fourth-order valence-electron chi connectivity index (χ4n) is 6.00. The Labute approximate surface area is 311 Å².